The van der Waals surface area contributed by atoms with Crippen molar-refractivity contribution in [3.8, 4) is 5.75 Å². The van der Waals surface area contributed by atoms with Crippen molar-refractivity contribution in [2.75, 3.05) is 0 Å². The van der Waals surface area contributed by atoms with Crippen LogP contribution in [0, 0.1) is 13.8 Å². The molecule has 2 aromatic rings. The molecule has 94 valence electrons. The number of para-hydroxylation sites is 1. The normalized spacial score (nSPS) is 13.9. The number of benzene rings is 2. The van der Waals surface area contributed by atoms with Gasteiger partial charge in [0.05, 0.1) is 4.90 Å². The maximum atomic E-state index is 12.5. The van der Waals surface area contributed by atoms with Crippen molar-refractivity contribution in [2.24, 2.45) is 0 Å². The monoisotopic (exact) mass is 278 g/mol. The van der Waals surface area contributed by atoms with Gasteiger partial charge in [0.1, 0.15) is 5.75 Å². The Labute approximate surface area is 112 Å². The third kappa shape index (κ3) is 2.71. The Morgan fingerprint density at radius 2 is 1.50 bits per heavy atom. The van der Waals surface area contributed by atoms with E-state index in [1.54, 1.807) is 12.1 Å². The molecule has 0 aliphatic carbocycles. The molecular weight excluding hydrogens is 264 g/mol. The van der Waals surface area contributed by atoms with Gasteiger partial charge in [0, 0.05) is 11.2 Å². The van der Waals surface area contributed by atoms with Crippen molar-refractivity contribution < 1.29 is 8.39 Å². The minimum absolute atomic E-state index is 0.570. The maximum Gasteiger partial charge on any atom is 0.215 e. The van der Waals surface area contributed by atoms with Crippen LogP contribution in [0.2, 0.25) is 0 Å². The molecule has 0 saturated heterocycles. The van der Waals surface area contributed by atoms with E-state index in [1.165, 1.54) is 0 Å². The molecule has 18 heavy (non-hydrogen) atoms. The molecule has 0 saturated carbocycles. The van der Waals surface area contributed by atoms with Crippen LogP contribution < -0.4 is 4.18 Å². The van der Waals surface area contributed by atoms with Crippen LogP contribution in [0.3, 0.4) is 0 Å². The van der Waals surface area contributed by atoms with E-state index in [2.05, 4.69) is 0 Å². The van der Waals surface area contributed by atoms with Gasteiger partial charge in [-0.05, 0) is 37.1 Å². The number of hydrogen-bond donors (Lipinski definition) is 0. The van der Waals surface area contributed by atoms with Gasteiger partial charge in [0.15, 0.2) is 0 Å². The van der Waals surface area contributed by atoms with Gasteiger partial charge in [0.25, 0.3) is 0 Å². The van der Waals surface area contributed by atoms with E-state index >= 15 is 0 Å². The summed E-state index contributed by atoms with van der Waals surface area (Å²) in [6, 6.07) is 14.8. The molecule has 0 aliphatic rings. The minimum Gasteiger partial charge on any atom is -0.397 e. The van der Waals surface area contributed by atoms with Crippen molar-refractivity contribution in [2.45, 2.75) is 18.7 Å². The largest absolute Gasteiger partial charge is 0.397 e. The summed E-state index contributed by atoms with van der Waals surface area (Å²) in [7, 11) is -2.93. The van der Waals surface area contributed by atoms with Gasteiger partial charge in [-0.25, -0.2) is 4.21 Å². The fourth-order valence-corrected chi connectivity index (χ4v) is 3.65. The topological polar surface area (TPSA) is 26.3 Å². The highest BCUT2D eigenvalue weighted by Crippen LogP contribution is 2.23. The van der Waals surface area contributed by atoms with E-state index in [1.807, 2.05) is 50.2 Å². The Bertz CT molecular complexity index is 661. The number of hydrogen-bond acceptors (Lipinski definition) is 3. The summed E-state index contributed by atoms with van der Waals surface area (Å²) in [5.74, 6) is 0.570. The lowest BCUT2D eigenvalue weighted by Crippen LogP contribution is -2.10. The predicted molar refractivity (Wildman–Crippen MR) is 76.8 cm³/mol. The third-order valence-corrected chi connectivity index (χ3v) is 4.79. The van der Waals surface area contributed by atoms with Gasteiger partial charge in [-0.2, -0.15) is 0 Å². The second-order valence-corrected chi connectivity index (χ2v) is 6.90. The molecule has 1 unspecified atom stereocenters. The summed E-state index contributed by atoms with van der Waals surface area (Å²) >= 11 is 5.14. The summed E-state index contributed by atoms with van der Waals surface area (Å²) in [6.45, 7) is 3.78. The Morgan fingerprint density at radius 1 is 0.944 bits per heavy atom. The average Bonchev–Trinajstić information content (AvgIpc) is 2.32. The van der Waals surface area contributed by atoms with E-state index < -0.39 is 8.77 Å². The van der Waals surface area contributed by atoms with Crippen LogP contribution in [0.1, 0.15) is 11.1 Å². The van der Waals surface area contributed by atoms with Crippen LogP contribution in [0.15, 0.2) is 53.4 Å². The van der Waals surface area contributed by atoms with E-state index in [0.29, 0.717) is 10.6 Å². The van der Waals surface area contributed by atoms with E-state index in [4.69, 9.17) is 15.4 Å². The van der Waals surface area contributed by atoms with Crippen molar-refractivity contribution in [1.82, 2.24) is 0 Å². The third-order valence-electron chi connectivity index (χ3n) is 2.66. The highest BCUT2D eigenvalue weighted by molar-refractivity contribution is 8.30. The maximum absolute atomic E-state index is 12.5. The molecule has 0 N–H and O–H groups in total. The fourth-order valence-electron chi connectivity index (χ4n) is 1.65. The van der Waals surface area contributed by atoms with E-state index in [-0.39, 0.29) is 0 Å². The molecule has 2 rings (SSSR count). The smallest absolute Gasteiger partial charge is 0.215 e. The molecule has 0 amide bonds. The van der Waals surface area contributed by atoms with Crippen LogP contribution in [0.25, 0.3) is 0 Å². The molecule has 0 radical (unpaired) electrons. The first-order chi connectivity index (χ1) is 8.50. The Hall–Kier alpha value is -1.39. The van der Waals surface area contributed by atoms with Crippen LogP contribution in [-0.4, -0.2) is 4.21 Å². The highest BCUT2D eigenvalue weighted by atomic mass is 32.8. The van der Waals surface area contributed by atoms with Crippen LogP contribution >= 0.6 is 0 Å². The van der Waals surface area contributed by atoms with Crippen LogP contribution in [0.5, 0.6) is 5.75 Å². The molecule has 2 aromatic carbocycles. The first-order valence-electron chi connectivity index (χ1n) is 5.56. The van der Waals surface area contributed by atoms with Crippen molar-refractivity contribution in [1.29, 1.82) is 0 Å². The first-order valence-corrected chi connectivity index (χ1v) is 7.97. The molecule has 0 heterocycles. The summed E-state index contributed by atoms with van der Waals surface area (Å²) in [4.78, 5) is 0.572. The minimum atomic E-state index is -2.93. The van der Waals surface area contributed by atoms with Gasteiger partial charge in [-0.1, -0.05) is 36.4 Å². The van der Waals surface area contributed by atoms with Gasteiger partial charge in [-0.3, -0.25) is 0 Å². The lowest BCUT2D eigenvalue weighted by Gasteiger charge is -2.13. The van der Waals surface area contributed by atoms with Gasteiger partial charge in [-0.15, -0.1) is 0 Å². The van der Waals surface area contributed by atoms with Crippen molar-refractivity contribution in [3.05, 3.63) is 59.7 Å². The Morgan fingerprint density at radius 3 is 2.11 bits per heavy atom. The molecule has 4 heteroatoms. The first kappa shape index (κ1) is 13.1. The molecule has 1 atom stereocenters. The Kier molecular flexibility index (Phi) is 3.68. The molecule has 0 aliphatic heterocycles. The van der Waals surface area contributed by atoms with Crippen LogP contribution in [0.4, 0.5) is 0 Å². The Balaban J connectivity index is 2.40. The average molecular weight is 278 g/mol. The zero-order valence-corrected chi connectivity index (χ0v) is 11.9. The molecule has 0 bridgehead atoms. The highest BCUT2D eigenvalue weighted by Gasteiger charge is 2.15. The summed E-state index contributed by atoms with van der Waals surface area (Å²) < 4.78 is 18.1. The number of rotatable bonds is 3. The van der Waals surface area contributed by atoms with E-state index in [9.17, 15) is 4.21 Å². The van der Waals surface area contributed by atoms with Gasteiger partial charge >= 0.3 is 0 Å². The molecule has 0 aromatic heterocycles. The second-order valence-electron chi connectivity index (χ2n) is 4.07. The van der Waals surface area contributed by atoms with E-state index in [0.717, 1.165) is 11.1 Å². The molecule has 2 nitrogen and oxygen atoms in total. The summed E-state index contributed by atoms with van der Waals surface area (Å²) in [6.07, 6.45) is 0. The van der Waals surface area contributed by atoms with Gasteiger partial charge < -0.3 is 4.18 Å². The quantitative estimate of drug-likeness (QED) is 0.860. The zero-order valence-electron chi connectivity index (χ0n) is 10.3. The standard InChI is InChI=1S/C14H14O2S2/c1-11-7-3-5-9-13(11)16-18(15,17)14-10-6-4-8-12(14)2/h3-10H,1-2H3. The lowest BCUT2D eigenvalue weighted by molar-refractivity contribution is 0.556. The number of aryl methyl sites for hydroxylation is 2. The summed E-state index contributed by atoms with van der Waals surface area (Å²) in [5, 5.41) is 0. The SMILES string of the molecule is Cc1ccccc1OS(=O)(=S)c1ccccc1C. The van der Waals surface area contributed by atoms with Crippen molar-refractivity contribution >= 4 is 20.0 Å². The lowest BCUT2D eigenvalue weighted by atomic mass is 10.2. The molecule has 0 spiro atoms. The molecular formula is C14H14O2S2. The second kappa shape index (κ2) is 5.08. The predicted octanol–water partition coefficient (Wildman–Crippen LogP) is 3.40. The zero-order chi connectivity index (χ0) is 13.2. The fraction of sp³-hybridized carbons (Fsp3) is 0.143. The summed E-state index contributed by atoms with van der Waals surface area (Å²) in [5.41, 5.74) is 1.80. The van der Waals surface area contributed by atoms with Crippen molar-refractivity contribution in [3.63, 3.8) is 0 Å². The van der Waals surface area contributed by atoms with Gasteiger partial charge in [0.2, 0.25) is 8.77 Å². The van der Waals surface area contributed by atoms with Crippen LogP contribution in [-0.2, 0) is 20.0 Å². The molecule has 0 fully saturated rings.